The predicted octanol–water partition coefficient (Wildman–Crippen LogP) is 1.39. The Bertz CT molecular complexity index is 482. The Morgan fingerprint density at radius 3 is 3.20 bits per heavy atom. The lowest BCUT2D eigenvalue weighted by Crippen LogP contribution is -2.13. The van der Waals surface area contributed by atoms with Crippen LogP contribution in [-0.2, 0) is 7.05 Å². The molecule has 2 aromatic heterocycles. The van der Waals surface area contributed by atoms with Gasteiger partial charge in [-0.05, 0) is 25.5 Å². The lowest BCUT2D eigenvalue weighted by molar-refractivity contribution is 0.629. The highest BCUT2D eigenvalue weighted by Gasteiger charge is 2.17. The van der Waals surface area contributed by atoms with Crippen molar-refractivity contribution in [3.05, 3.63) is 24.2 Å². The summed E-state index contributed by atoms with van der Waals surface area (Å²) in [5.74, 6) is 0. The largest absolute Gasteiger partial charge is 0.309 e. The van der Waals surface area contributed by atoms with E-state index in [9.17, 15) is 0 Å². The van der Waals surface area contributed by atoms with E-state index in [1.54, 1.807) is 0 Å². The minimum Gasteiger partial charge on any atom is -0.309 e. The van der Waals surface area contributed by atoms with Gasteiger partial charge in [0, 0.05) is 18.5 Å². The molecule has 1 atom stereocenters. The first kappa shape index (κ1) is 8.85. The highest BCUT2D eigenvalue weighted by Crippen LogP contribution is 2.23. The van der Waals surface area contributed by atoms with Crippen molar-refractivity contribution in [2.24, 2.45) is 7.05 Å². The highest BCUT2D eigenvalue weighted by molar-refractivity contribution is 5.77. The van der Waals surface area contributed by atoms with Gasteiger partial charge in [0.25, 0.3) is 0 Å². The van der Waals surface area contributed by atoms with Gasteiger partial charge in [-0.2, -0.15) is 5.10 Å². The van der Waals surface area contributed by atoms with Crippen molar-refractivity contribution < 1.29 is 0 Å². The minimum absolute atomic E-state index is 0.439. The van der Waals surface area contributed by atoms with Gasteiger partial charge in [0.2, 0.25) is 0 Å². The first-order valence-corrected chi connectivity index (χ1v) is 5.35. The molecule has 0 bridgehead atoms. The zero-order valence-corrected chi connectivity index (χ0v) is 8.77. The Hall–Kier alpha value is -1.42. The third kappa shape index (κ3) is 1.41. The van der Waals surface area contributed by atoms with Gasteiger partial charge in [0.15, 0.2) is 0 Å². The molecule has 4 nitrogen and oxygen atoms in total. The van der Waals surface area contributed by atoms with Crippen LogP contribution < -0.4 is 5.32 Å². The normalized spacial score (nSPS) is 21.3. The van der Waals surface area contributed by atoms with Crippen molar-refractivity contribution in [2.45, 2.75) is 18.9 Å². The number of nitrogens with zero attached hydrogens (tertiary/aromatic N) is 3. The van der Waals surface area contributed by atoms with Crippen molar-refractivity contribution in [1.82, 2.24) is 20.1 Å². The number of aryl methyl sites for hydroxylation is 1. The molecule has 0 spiro atoms. The molecule has 0 saturated carbocycles. The van der Waals surface area contributed by atoms with Crippen molar-refractivity contribution in [2.75, 3.05) is 6.54 Å². The fourth-order valence-electron chi connectivity index (χ4n) is 2.19. The number of nitrogens with one attached hydrogen (secondary N) is 1. The fraction of sp³-hybridized carbons (Fsp3) is 0.455. The molecule has 0 unspecified atom stereocenters. The van der Waals surface area contributed by atoms with E-state index in [1.807, 2.05) is 24.1 Å². The fourth-order valence-corrected chi connectivity index (χ4v) is 2.19. The molecular formula is C11H14N4. The zero-order valence-electron chi connectivity index (χ0n) is 8.77. The molecule has 1 fully saturated rings. The molecular weight excluding hydrogens is 188 g/mol. The molecule has 0 aliphatic carbocycles. The molecule has 4 heteroatoms. The topological polar surface area (TPSA) is 42.7 Å². The molecule has 1 N–H and O–H groups in total. The molecule has 3 rings (SSSR count). The molecule has 2 aromatic rings. The standard InChI is InChI=1S/C11H14N4/c1-15-11-7-13-10(5-8(11)6-14-15)9-3-2-4-12-9/h5-7,9,12H,2-4H2,1H3/t9-/m1/s1. The maximum Gasteiger partial charge on any atom is 0.0862 e. The molecule has 0 radical (unpaired) electrons. The number of pyridine rings is 1. The van der Waals surface area contributed by atoms with E-state index in [2.05, 4.69) is 21.5 Å². The molecule has 0 amide bonds. The summed E-state index contributed by atoms with van der Waals surface area (Å²) >= 11 is 0. The van der Waals surface area contributed by atoms with Crippen LogP contribution in [0.4, 0.5) is 0 Å². The molecule has 15 heavy (non-hydrogen) atoms. The Labute approximate surface area is 88.3 Å². The number of hydrogen-bond donors (Lipinski definition) is 1. The van der Waals surface area contributed by atoms with E-state index in [-0.39, 0.29) is 0 Å². The lowest BCUT2D eigenvalue weighted by atomic mass is 10.1. The van der Waals surface area contributed by atoms with Crippen molar-refractivity contribution in [3.8, 4) is 0 Å². The van der Waals surface area contributed by atoms with Crippen LogP contribution in [0.25, 0.3) is 10.9 Å². The van der Waals surface area contributed by atoms with Crippen molar-refractivity contribution in [3.63, 3.8) is 0 Å². The lowest BCUT2D eigenvalue weighted by Gasteiger charge is -2.08. The molecule has 3 heterocycles. The summed E-state index contributed by atoms with van der Waals surface area (Å²) in [6, 6.07) is 2.58. The van der Waals surface area contributed by atoms with Gasteiger partial charge in [-0.15, -0.1) is 0 Å². The quantitative estimate of drug-likeness (QED) is 0.760. The summed E-state index contributed by atoms with van der Waals surface area (Å²) in [7, 11) is 1.94. The highest BCUT2D eigenvalue weighted by atomic mass is 15.2. The first-order chi connectivity index (χ1) is 7.34. The van der Waals surface area contributed by atoms with Gasteiger partial charge < -0.3 is 5.32 Å². The maximum atomic E-state index is 4.50. The first-order valence-electron chi connectivity index (χ1n) is 5.35. The Morgan fingerprint density at radius 2 is 2.40 bits per heavy atom. The predicted molar refractivity (Wildman–Crippen MR) is 58.5 cm³/mol. The monoisotopic (exact) mass is 202 g/mol. The van der Waals surface area contributed by atoms with Gasteiger partial charge in [0.1, 0.15) is 0 Å². The molecule has 0 aromatic carbocycles. The second-order valence-corrected chi connectivity index (χ2v) is 4.09. The summed E-state index contributed by atoms with van der Waals surface area (Å²) in [6.45, 7) is 1.11. The molecule has 1 aliphatic heterocycles. The molecule has 1 saturated heterocycles. The SMILES string of the molecule is Cn1ncc2cc([C@H]3CCCN3)ncc21. The van der Waals surface area contributed by atoms with E-state index in [1.165, 1.54) is 18.2 Å². The van der Waals surface area contributed by atoms with Crippen LogP contribution in [0.3, 0.4) is 0 Å². The Balaban J connectivity index is 2.05. The maximum absolute atomic E-state index is 4.50. The number of hydrogen-bond acceptors (Lipinski definition) is 3. The smallest absolute Gasteiger partial charge is 0.0862 e. The van der Waals surface area contributed by atoms with Crippen LogP contribution in [0.5, 0.6) is 0 Å². The third-order valence-corrected chi connectivity index (χ3v) is 3.07. The summed E-state index contributed by atoms with van der Waals surface area (Å²) in [5.41, 5.74) is 2.24. The minimum atomic E-state index is 0.439. The Morgan fingerprint density at radius 1 is 1.47 bits per heavy atom. The average molecular weight is 202 g/mol. The van der Waals surface area contributed by atoms with Gasteiger partial charge in [0.05, 0.1) is 23.6 Å². The Kier molecular flexibility index (Phi) is 1.95. The summed E-state index contributed by atoms with van der Waals surface area (Å²) in [5, 5.41) is 8.85. The summed E-state index contributed by atoms with van der Waals surface area (Å²) in [4.78, 5) is 4.50. The van der Waals surface area contributed by atoms with E-state index >= 15 is 0 Å². The number of fused-ring (bicyclic) bond motifs is 1. The zero-order chi connectivity index (χ0) is 10.3. The van der Waals surface area contributed by atoms with Gasteiger partial charge in [-0.1, -0.05) is 0 Å². The average Bonchev–Trinajstić information content (AvgIpc) is 2.88. The third-order valence-electron chi connectivity index (χ3n) is 3.07. The second-order valence-electron chi connectivity index (χ2n) is 4.09. The van der Waals surface area contributed by atoms with E-state index < -0.39 is 0 Å². The molecule has 1 aliphatic rings. The van der Waals surface area contributed by atoms with Crippen molar-refractivity contribution >= 4 is 10.9 Å². The van der Waals surface area contributed by atoms with Crippen LogP contribution in [0.2, 0.25) is 0 Å². The van der Waals surface area contributed by atoms with Crippen LogP contribution in [-0.4, -0.2) is 21.3 Å². The van der Waals surface area contributed by atoms with Crippen LogP contribution >= 0.6 is 0 Å². The van der Waals surface area contributed by atoms with Crippen LogP contribution in [0, 0.1) is 0 Å². The number of rotatable bonds is 1. The van der Waals surface area contributed by atoms with E-state index in [4.69, 9.17) is 0 Å². The summed E-state index contributed by atoms with van der Waals surface area (Å²) < 4.78 is 1.86. The van der Waals surface area contributed by atoms with Crippen LogP contribution in [0.1, 0.15) is 24.6 Å². The van der Waals surface area contributed by atoms with E-state index in [0.717, 1.165) is 17.8 Å². The molecule has 78 valence electrons. The number of aromatic nitrogens is 3. The van der Waals surface area contributed by atoms with Gasteiger partial charge in [-0.3, -0.25) is 9.67 Å². The van der Waals surface area contributed by atoms with Crippen molar-refractivity contribution in [1.29, 1.82) is 0 Å². The second kappa shape index (κ2) is 3.31. The van der Waals surface area contributed by atoms with E-state index in [0.29, 0.717) is 6.04 Å². The summed E-state index contributed by atoms with van der Waals surface area (Å²) in [6.07, 6.45) is 6.25. The van der Waals surface area contributed by atoms with Gasteiger partial charge in [-0.25, -0.2) is 0 Å². The van der Waals surface area contributed by atoms with Crippen LogP contribution in [0.15, 0.2) is 18.5 Å². The van der Waals surface area contributed by atoms with Gasteiger partial charge >= 0.3 is 0 Å².